The van der Waals surface area contributed by atoms with Crippen molar-refractivity contribution in [3.05, 3.63) is 41.6 Å². The molecular weight excluding hydrogens is 629 g/mol. The zero-order valence-corrected chi connectivity index (χ0v) is 29.0. The van der Waals surface area contributed by atoms with Crippen LogP contribution in [0.15, 0.2) is 28.7 Å². The fourth-order valence-electron chi connectivity index (χ4n) is 5.75. The van der Waals surface area contributed by atoms with Gasteiger partial charge in [-0.25, -0.2) is 28.2 Å². The van der Waals surface area contributed by atoms with Crippen molar-refractivity contribution in [3.63, 3.8) is 0 Å². The van der Waals surface area contributed by atoms with Crippen molar-refractivity contribution >= 4 is 49.3 Å². The van der Waals surface area contributed by atoms with Crippen molar-refractivity contribution in [2.45, 2.75) is 44.5 Å². The van der Waals surface area contributed by atoms with Crippen LogP contribution in [0, 0.1) is 20.8 Å². The van der Waals surface area contributed by atoms with E-state index >= 15 is 0 Å². The molecule has 4 aromatic rings. The van der Waals surface area contributed by atoms with Gasteiger partial charge in [0, 0.05) is 67.5 Å². The summed E-state index contributed by atoms with van der Waals surface area (Å²) in [5, 5.41) is 12.0. The molecule has 14 nitrogen and oxygen atoms in total. The van der Waals surface area contributed by atoms with Crippen LogP contribution in [0.4, 0.5) is 15.7 Å². The number of para-hydroxylation sites is 1. The molecule has 0 aliphatic carbocycles. The van der Waals surface area contributed by atoms with E-state index in [1.807, 2.05) is 19.1 Å². The summed E-state index contributed by atoms with van der Waals surface area (Å²) in [4.78, 5) is 29.4. The van der Waals surface area contributed by atoms with Gasteiger partial charge in [-0.15, -0.1) is 0 Å². The highest BCUT2D eigenvalue weighted by atomic mass is 32.2. The molecule has 0 spiro atoms. The van der Waals surface area contributed by atoms with Crippen molar-refractivity contribution in [2.24, 2.45) is 0 Å². The lowest BCUT2D eigenvalue weighted by Crippen LogP contribution is -2.50. The van der Waals surface area contributed by atoms with E-state index in [1.54, 1.807) is 13.3 Å². The Morgan fingerprint density at radius 2 is 1.85 bits per heavy atom. The highest BCUT2D eigenvalue weighted by Gasteiger charge is 2.32. The van der Waals surface area contributed by atoms with Crippen LogP contribution in [0.25, 0.3) is 22.0 Å². The number of likely N-dealkylation sites (N-methyl/N-ethyl adjacent to an activating group) is 1. The van der Waals surface area contributed by atoms with Gasteiger partial charge in [-0.2, -0.15) is 9.40 Å². The zero-order valence-electron chi connectivity index (χ0n) is 27.4. The molecule has 1 aliphatic rings. The summed E-state index contributed by atoms with van der Waals surface area (Å²) in [6.07, 6.45) is 0.900. The smallest absolute Gasteiger partial charge is 0.413 e. The van der Waals surface area contributed by atoms with E-state index in [4.69, 9.17) is 5.10 Å². The largest absolute Gasteiger partial charge is 0.453 e. The summed E-state index contributed by atoms with van der Waals surface area (Å²) in [7, 11) is 1.61. The second kappa shape index (κ2) is 14.0. The minimum atomic E-state index is -3.75. The first-order chi connectivity index (χ1) is 21.9. The molecule has 0 bridgehead atoms. The number of hydrogen-bond acceptors (Lipinski definition) is 12. The van der Waals surface area contributed by atoms with Crippen LogP contribution in [-0.4, -0.2) is 120 Å². The van der Waals surface area contributed by atoms with Crippen LogP contribution in [-0.2, 0) is 21.3 Å². The molecule has 3 aromatic heterocycles. The van der Waals surface area contributed by atoms with Crippen LogP contribution in [0.2, 0.25) is 0 Å². The molecule has 1 amide bonds. The van der Waals surface area contributed by atoms with E-state index in [9.17, 15) is 13.2 Å². The van der Waals surface area contributed by atoms with Crippen molar-refractivity contribution in [1.29, 1.82) is 0 Å². The number of benzene rings is 1. The number of rotatable bonds is 11. The third-order valence-electron chi connectivity index (χ3n) is 8.04. The van der Waals surface area contributed by atoms with E-state index in [0.29, 0.717) is 38.4 Å². The molecule has 0 radical (unpaired) electrons. The van der Waals surface area contributed by atoms with E-state index in [-0.39, 0.29) is 15.4 Å². The number of carbonyl (C=O) groups is 1. The van der Waals surface area contributed by atoms with E-state index in [2.05, 4.69) is 78.8 Å². The number of methoxy groups -OCH3 is 1. The standard InChI is InChI=1S/C30H42N10O4S2/c1-19(17-38-12-14-39(15-13-38)46(42,43)28-21(3)34-29(45-28)35-30(41)44-7)33-27-24-10-8-9-23(26(24)31-18-32-27)25-20(2)36-40(22(25)4)16-11-37(5)6/h8-10,18-19H,11-17H2,1-7H3,(H,31,32,33)(H,34,35,41). The van der Waals surface area contributed by atoms with Gasteiger partial charge in [0.15, 0.2) is 9.34 Å². The number of fused-ring (bicyclic) bond motifs is 1. The molecule has 0 saturated carbocycles. The number of ether oxygens (including phenoxy) is 1. The molecule has 1 aliphatic heterocycles. The first kappa shape index (κ1) is 33.7. The highest BCUT2D eigenvalue weighted by molar-refractivity contribution is 7.91. The summed E-state index contributed by atoms with van der Waals surface area (Å²) in [5.41, 5.74) is 5.42. The van der Waals surface area contributed by atoms with E-state index < -0.39 is 16.1 Å². The molecule has 16 heteroatoms. The lowest BCUT2D eigenvalue weighted by atomic mass is 10.0. The van der Waals surface area contributed by atoms with Crippen LogP contribution in [0.5, 0.6) is 0 Å². The molecule has 2 N–H and O–H groups in total. The minimum absolute atomic E-state index is 0.0397. The van der Waals surface area contributed by atoms with Gasteiger partial charge >= 0.3 is 6.09 Å². The van der Waals surface area contributed by atoms with Gasteiger partial charge in [0.25, 0.3) is 10.0 Å². The number of amides is 1. The van der Waals surface area contributed by atoms with Gasteiger partial charge in [-0.05, 0) is 47.9 Å². The van der Waals surface area contributed by atoms with Gasteiger partial charge in [0.05, 0.1) is 30.6 Å². The van der Waals surface area contributed by atoms with Crippen molar-refractivity contribution < 1.29 is 17.9 Å². The van der Waals surface area contributed by atoms with Gasteiger partial charge in [0.1, 0.15) is 12.1 Å². The summed E-state index contributed by atoms with van der Waals surface area (Å²) < 4.78 is 35.1. The Morgan fingerprint density at radius 3 is 2.54 bits per heavy atom. The second-order valence-corrected chi connectivity index (χ2v) is 14.9. The normalized spacial score (nSPS) is 15.4. The fraction of sp³-hybridized carbons (Fsp3) is 0.500. The topological polar surface area (TPSA) is 151 Å². The number of nitrogens with one attached hydrogen (secondary N) is 2. The first-order valence-electron chi connectivity index (χ1n) is 15.1. The SMILES string of the molecule is COC(=O)Nc1nc(C)c(S(=O)(=O)N2CCN(CC(C)Nc3ncnc4c(-c5c(C)nn(CCN(C)C)c5C)cccc34)CC2)s1. The average molecular weight is 671 g/mol. The molecule has 4 heterocycles. The monoisotopic (exact) mass is 670 g/mol. The summed E-state index contributed by atoms with van der Waals surface area (Å²) >= 11 is 0.928. The van der Waals surface area contributed by atoms with Crippen LogP contribution in [0.1, 0.15) is 24.0 Å². The predicted molar refractivity (Wildman–Crippen MR) is 180 cm³/mol. The summed E-state index contributed by atoms with van der Waals surface area (Å²) in [6, 6.07) is 6.20. The van der Waals surface area contributed by atoms with Gasteiger partial charge in [-0.1, -0.05) is 23.5 Å². The molecule has 1 unspecified atom stereocenters. The highest BCUT2D eigenvalue weighted by Crippen LogP contribution is 2.34. The quantitative estimate of drug-likeness (QED) is 0.242. The van der Waals surface area contributed by atoms with Crippen LogP contribution in [0.3, 0.4) is 0 Å². The number of anilines is 2. The molecule has 1 aromatic carbocycles. The van der Waals surface area contributed by atoms with Crippen LogP contribution >= 0.6 is 11.3 Å². The Morgan fingerprint density at radius 1 is 1.11 bits per heavy atom. The van der Waals surface area contributed by atoms with Gasteiger partial charge < -0.3 is 15.0 Å². The third-order valence-corrected chi connectivity index (χ3v) is 11.6. The molecule has 1 fully saturated rings. The van der Waals surface area contributed by atoms with Crippen molar-refractivity contribution in [2.75, 3.05) is 71.1 Å². The lowest BCUT2D eigenvalue weighted by Gasteiger charge is -2.35. The molecule has 248 valence electrons. The molecule has 5 rings (SSSR count). The van der Waals surface area contributed by atoms with Crippen molar-refractivity contribution in [3.8, 4) is 11.1 Å². The van der Waals surface area contributed by atoms with Gasteiger partial charge in [0.2, 0.25) is 0 Å². The Labute approximate surface area is 273 Å². The predicted octanol–water partition coefficient (Wildman–Crippen LogP) is 3.42. The maximum Gasteiger partial charge on any atom is 0.413 e. The molecule has 1 saturated heterocycles. The number of aromatic nitrogens is 5. The van der Waals surface area contributed by atoms with Crippen LogP contribution < -0.4 is 10.6 Å². The Hall–Kier alpha value is -3.70. The number of aryl methyl sites for hydroxylation is 2. The lowest BCUT2D eigenvalue weighted by molar-refractivity contribution is 0.184. The maximum atomic E-state index is 13.4. The van der Waals surface area contributed by atoms with Crippen molar-refractivity contribution in [1.82, 2.24) is 38.8 Å². The Kier molecular flexibility index (Phi) is 10.2. The number of sulfonamides is 1. The number of hydrogen-bond donors (Lipinski definition) is 2. The Balaban J connectivity index is 1.25. The maximum absolute atomic E-state index is 13.4. The Bertz CT molecular complexity index is 1810. The van der Waals surface area contributed by atoms with Gasteiger partial charge in [-0.3, -0.25) is 14.9 Å². The zero-order chi connectivity index (χ0) is 33.2. The summed E-state index contributed by atoms with van der Waals surface area (Å²) in [5.74, 6) is 0.757. The number of carbonyl (C=O) groups excluding carboxylic acids is 1. The number of nitrogens with zero attached hydrogens (tertiary/aromatic N) is 8. The van der Waals surface area contributed by atoms with E-state index in [0.717, 1.165) is 63.7 Å². The summed E-state index contributed by atoms with van der Waals surface area (Å²) in [6.45, 7) is 12.2. The molecule has 46 heavy (non-hydrogen) atoms. The second-order valence-electron chi connectivity index (χ2n) is 11.8. The van der Waals surface area contributed by atoms with E-state index in [1.165, 1.54) is 11.4 Å². The first-order valence-corrected chi connectivity index (χ1v) is 17.4. The minimum Gasteiger partial charge on any atom is -0.453 e. The fourth-order valence-corrected chi connectivity index (χ4v) is 8.71. The molecule has 1 atom stereocenters. The third kappa shape index (κ3) is 7.15. The molecular formula is C30H42N10O4S2. The number of thiazole rings is 1. The number of piperazine rings is 1. The average Bonchev–Trinajstić information content (AvgIpc) is 3.53.